The molecule has 106 valence electrons. The fourth-order valence-electron chi connectivity index (χ4n) is 1.43. The number of ether oxygens (including phenoxy) is 1. The van der Waals surface area contributed by atoms with E-state index in [1.165, 1.54) is 6.04 Å². The first-order valence-electron chi connectivity index (χ1n) is 6.15. The van der Waals surface area contributed by atoms with E-state index in [4.69, 9.17) is 10.1 Å². The summed E-state index contributed by atoms with van der Waals surface area (Å²) in [5, 5.41) is 11.0. The highest BCUT2D eigenvalue weighted by Crippen LogP contribution is 2.21. The molecule has 0 aliphatic heterocycles. The zero-order chi connectivity index (χ0) is 14.5. The maximum Gasteiger partial charge on any atom is 0.116 e. The van der Waals surface area contributed by atoms with Crippen LogP contribution in [0, 0.1) is 8.98 Å². The summed E-state index contributed by atoms with van der Waals surface area (Å²) >= 11 is 4.31. The Bertz CT molecular complexity index is 447. The first kappa shape index (κ1) is 17.4. The number of rotatable bonds is 7. The molecule has 2 N–H and O–H groups in total. The summed E-state index contributed by atoms with van der Waals surface area (Å²) in [6, 6.07) is 7.21. The van der Waals surface area contributed by atoms with Crippen molar-refractivity contribution >= 4 is 62.7 Å². The van der Waals surface area contributed by atoms with Crippen LogP contribution in [0.2, 0.25) is 25.7 Å². The van der Waals surface area contributed by atoms with Gasteiger partial charge in [-0.2, -0.15) is 0 Å². The minimum atomic E-state index is -1.01. The van der Waals surface area contributed by atoms with Crippen LogP contribution in [0.25, 0.3) is 0 Å². The standard InChI is InChI=1S/C13H20I2N2OSi/c1-19(2,3)7-6-18-9-17-12-8-10(14)4-5-11(12)13(15)16/h4-5,8,16-17H,6-7,9H2,1-3H3. The Kier molecular flexibility index (Phi) is 7.26. The molecule has 0 saturated heterocycles. The van der Waals surface area contributed by atoms with Crippen LogP contribution in [-0.4, -0.2) is 25.1 Å². The quantitative estimate of drug-likeness (QED) is 0.186. The van der Waals surface area contributed by atoms with E-state index in [0.717, 1.165) is 21.4 Å². The normalized spacial score (nSPS) is 11.4. The Hall–Kier alpha value is 0.327. The summed E-state index contributed by atoms with van der Waals surface area (Å²) in [5.74, 6) is 0. The molecule has 0 aromatic heterocycles. The van der Waals surface area contributed by atoms with E-state index in [1.807, 2.05) is 40.8 Å². The van der Waals surface area contributed by atoms with E-state index in [-0.39, 0.29) is 0 Å². The van der Waals surface area contributed by atoms with E-state index in [1.54, 1.807) is 0 Å². The number of anilines is 1. The van der Waals surface area contributed by atoms with Gasteiger partial charge in [-0.15, -0.1) is 0 Å². The Labute approximate surface area is 143 Å². The maximum atomic E-state index is 7.75. The molecule has 0 aliphatic carbocycles. The lowest BCUT2D eigenvalue weighted by Gasteiger charge is -2.16. The predicted octanol–water partition coefficient (Wildman–Crippen LogP) is 4.78. The van der Waals surface area contributed by atoms with Gasteiger partial charge >= 0.3 is 0 Å². The molecule has 0 heterocycles. The molecule has 0 atom stereocenters. The fourth-order valence-corrected chi connectivity index (χ4v) is 3.15. The third kappa shape index (κ3) is 7.05. The van der Waals surface area contributed by atoms with E-state index in [0.29, 0.717) is 10.4 Å². The lowest BCUT2D eigenvalue weighted by atomic mass is 10.2. The molecule has 1 rings (SSSR count). The Balaban J connectivity index is 2.49. The highest BCUT2D eigenvalue weighted by Gasteiger charge is 2.12. The third-order valence-corrected chi connectivity index (χ3v) is 5.54. The molecule has 0 bridgehead atoms. The van der Waals surface area contributed by atoms with E-state index in [9.17, 15) is 0 Å². The molecular weight excluding hydrogens is 482 g/mol. The number of nitrogens with one attached hydrogen (secondary N) is 2. The zero-order valence-corrected chi connectivity index (χ0v) is 16.8. The van der Waals surface area contributed by atoms with Gasteiger partial charge in [0.15, 0.2) is 0 Å². The smallest absolute Gasteiger partial charge is 0.116 e. The van der Waals surface area contributed by atoms with Gasteiger partial charge < -0.3 is 10.1 Å². The molecule has 0 aliphatic rings. The van der Waals surface area contributed by atoms with E-state index >= 15 is 0 Å². The van der Waals surface area contributed by atoms with E-state index < -0.39 is 8.07 Å². The second kappa shape index (κ2) is 7.94. The maximum absolute atomic E-state index is 7.75. The van der Waals surface area contributed by atoms with Crippen LogP contribution in [0.1, 0.15) is 5.56 Å². The lowest BCUT2D eigenvalue weighted by molar-refractivity contribution is 0.166. The molecule has 1 aromatic carbocycles. The van der Waals surface area contributed by atoms with Gasteiger partial charge in [0, 0.05) is 29.5 Å². The summed E-state index contributed by atoms with van der Waals surface area (Å²) in [7, 11) is -1.01. The number of halogens is 2. The molecule has 3 nitrogen and oxygen atoms in total. The largest absolute Gasteiger partial charge is 0.362 e. The third-order valence-electron chi connectivity index (χ3n) is 2.58. The molecule has 6 heteroatoms. The molecule has 0 spiro atoms. The van der Waals surface area contributed by atoms with Gasteiger partial charge in [0.1, 0.15) is 10.4 Å². The monoisotopic (exact) mass is 502 g/mol. The molecule has 0 radical (unpaired) electrons. The fraction of sp³-hybridized carbons (Fsp3) is 0.462. The van der Waals surface area contributed by atoms with Crippen LogP contribution in [0.5, 0.6) is 0 Å². The summed E-state index contributed by atoms with van der Waals surface area (Å²) in [4.78, 5) is 0. The highest BCUT2D eigenvalue weighted by atomic mass is 127. The molecule has 0 amide bonds. The van der Waals surface area contributed by atoms with Gasteiger partial charge in [-0.3, -0.25) is 5.41 Å². The molecule has 1 aromatic rings. The first-order valence-corrected chi connectivity index (χ1v) is 12.0. The molecule has 19 heavy (non-hydrogen) atoms. The van der Waals surface area contributed by atoms with Crippen LogP contribution in [0.3, 0.4) is 0 Å². The van der Waals surface area contributed by atoms with Gasteiger partial charge in [0.25, 0.3) is 0 Å². The number of hydrogen-bond acceptors (Lipinski definition) is 3. The summed E-state index contributed by atoms with van der Waals surface area (Å²) in [5.41, 5.74) is 1.90. The summed E-state index contributed by atoms with van der Waals surface area (Å²) in [6.07, 6.45) is 0. The average molecular weight is 502 g/mol. The van der Waals surface area contributed by atoms with Gasteiger partial charge in [0.05, 0.1) is 0 Å². The topological polar surface area (TPSA) is 45.1 Å². The molecular formula is C13H20I2N2OSi. The second-order valence-electron chi connectivity index (χ2n) is 5.54. The Morgan fingerprint density at radius 3 is 2.63 bits per heavy atom. The van der Waals surface area contributed by atoms with Crippen molar-refractivity contribution in [2.75, 3.05) is 18.7 Å². The minimum Gasteiger partial charge on any atom is -0.362 e. The van der Waals surface area contributed by atoms with Crippen molar-refractivity contribution in [3.8, 4) is 0 Å². The predicted molar refractivity (Wildman–Crippen MR) is 103 cm³/mol. The van der Waals surface area contributed by atoms with Crippen molar-refractivity contribution in [1.29, 1.82) is 5.41 Å². The van der Waals surface area contributed by atoms with Gasteiger partial charge in [-0.25, -0.2) is 0 Å². The number of benzene rings is 1. The Morgan fingerprint density at radius 2 is 2.05 bits per heavy atom. The van der Waals surface area contributed by atoms with Crippen LogP contribution < -0.4 is 5.32 Å². The second-order valence-corrected chi connectivity index (χ2v) is 13.5. The first-order chi connectivity index (χ1) is 8.79. The minimum absolute atomic E-state index is 0.501. The van der Waals surface area contributed by atoms with Crippen molar-refractivity contribution < 1.29 is 4.74 Å². The van der Waals surface area contributed by atoms with Gasteiger partial charge in [-0.1, -0.05) is 19.6 Å². The van der Waals surface area contributed by atoms with Crippen LogP contribution in [0.15, 0.2) is 18.2 Å². The molecule has 0 fully saturated rings. The lowest BCUT2D eigenvalue weighted by Crippen LogP contribution is -2.22. The van der Waals surface area contributed by atoms with Crippen molar-refractivity contribution in [3.05, 3.63) is 27.3 Å². The summed E-state index contributed by atoms with van der Waals surface area (Å²) < 4.78 is 7.33. The van der Waals surface area contributed by atoms with Gasteiger partial charge in [0.2, 0.25) is 0 Å². The Morgan fingerprint density at radius 1 is 1.37 bits per heavy atom. The molecule has 0 unspecified atom stereocenters. The average Bonchev–Trinajstić information content (AvgIpc) is 2.26. The summed E-state index contributed by atoms with van der Waals surface area (Å²) in [6.45, 7) is 8.35. The van der Waals surface area contributed by atoms with Crippen LogP contribution in [0.4, 0.5) is 5.69 Å². The zero-order valence-electron chi connectivity index (χ0n) is 11.5. The SMILES string of the molecule is C[Si](C)(C)CCOCNc1cc(I)ccc1C(=N)I. The van der Waals surface area contributed by atoms with Crippen LogP contribution in [-0.2, 0) is 4.74 Å². The highest BCUT2D eigenvalue weighted by molar-refractivity contribution is 14.1. The van der Waals surface area contributed by atoms with Crippen LogP contribution >= 0.6 is 45.2 Å². The van der Waals surface area contributed by atoms with Crippen molar-refractivity contribution in [2.45, 2.75) is 25.7 Å². The van der Waals surface area contributed by atoms with Gasteiger partial charge in [-0.05, 0) is 69.4 Å². The van der Waals surface area contributed by atoms with E-state index in [2.05, 4.69) is 47.5 Å². The van der Waals surface area contributed by atoms with Crippen molar-refractivity contribution in [1.82, 2.24) is 0 Å². The van der Waals surface area contributed by atoms with Crippen molar-refractivity contribution in [3.63, 3.8) is 0 Å². The molecule has 0 saturated carbocycles. The van der Waals surface area contributed by atoms with Crippen molar-refractivity contribution in [2.24, 2.45) is 0 Å². The number of hydrogen-bond donors (Lipinski definition) is 2.